The number of hydrogen-bond donors (Lipinski definition) is 0. The van der Waals surface area contributed by atoms with E-state index in [2.05, 4.69) is 0 Å². The van der Waals surface area contributed by atoms with E-state index in [-0.39, 0.29) is 5.97 Å². The van der Waals surface area contributed by atoms with E-state index < -0.39 is 0 Å². The number of esters is 1. The minimum Gasteiger partial charge on any atom is -0.427 e. The summed E-state index contributed by atoms with van der Waals surface area (Å²) >= 11 is 1.92. The monoisotopic (exact) mass is 222 g/mol. The zero-order valence-electron chi connectivity index (χ0n) is 8.73. The highest BCUT2D eigenvalue weighted by Gasteiger charge is 2.18. The lowest BCUT2D eigenvalue weighted by Gasteiger charge is -2.24. The van der Waals surface area contributed by atoms with Crippen molar-refractivity contribution in [2.24, 2.45) is 0 Å². The smallest absolute Gasteiger partial charge is 0.308 e. The molecule has 0 saturated heterocycles. The molecule has 0 atom stereocenters. The summed E-state index contributed by atoms with van der Waals surface area (Å²) in [5, 5.41) is 0.796. The molecule has 1 fully saturated rings. The third kappa shape index (κ3) is 2.99. The molecule has 0 aliphatic heterocycles. The molecule has 1 aromatic carbocycles. The van der Waals surface area contributed by atoms with E-state index in [1.165, 1.54) is 31.1 Å². The second kappa shape index (κ2) is 4.71. The molecular formula is C12H14O2S. The summed E-state index contributed by atoms with van der Waals surface area (Å²) < 4.78 is 4.97. The van der Waals surface area contributed by atoms with Crippen molar-refractivity contribution < 1.29 is 9.53 Å². The number of rotatable bonds is 3. The Kier molecular flexibility index (Phi) is 3.31. The Morgan fingerprint density at radius 2 is 2.00 bits per heavy atom. The van der Waals surface area contributed by atoms with Gasteiger partial charge in [-0.1, -0.05) is 6.42 Å². The number of hydrogen-bond acceptors (Lipinski definition) is 3. The van der Waals surface area contributed by atoms with Crippen molar-refractivity contribution in [1.29, 1.82) is 0 Å². The summed E-state index contributed by atoms with van der Waals surface area (Å²) in [5.41, 5.74) is 0. The molecule has 0 unspecified atom stereocenters. The van der Waals surface area contributed by atoms with Gasteiger partial charge in [0, 0.05) is 17.1 Å². The largest absolute Gasteiger partial charge is 0.427 e. The maximum absolute atomic E-state index is 10.7. The minimum atomic E-state index is -0.269. The van der Waals surface area contributed by atoms with E-state index in [1.807, 2.05) is 36.0 Å². The summed E-state index contributed by atoms with van der Waals surface area (Å²) in [6.45, 7) is 1.41. The maximum atomic E-state index is 10.7. The van der Waals surface area contributed by atoms with Crippen LogP contribution < -0.4 is 4.74 Å². The Bertz CT molecular complexity index is 341. The predicted octanol–water partition coefficient (Wildman–Crippen LogP) is 3.26. The van der Waals surface area contributed by atoms with Crippen molar-refractivity contribution in [2.45, 2.75) is 36.3 Å². The molecule has 1 aliphatic carbocycles. The molecule has 0 bridgehead atoms. The summed E-state index contributed by atoms with van der Waals surface area (Å²) in [7, 11) is 0. The van der Waals surface area contributed by atoms with Gasteiger partial charge in [-0.2, -0.15) is 0 Å². The van der Waals surface area contributed by atoms with Gasteiger partial charge >= 0.3 is 5.97 Å². The van der Waals surface area contributed by atoms with Crippen molar-refractivity contribution in [3.63, 3.8) is 0 Å². The quantitative estimate of drug-likeness (QED) is 0.580. The van der Waals surface area contributed by atoms with E-state index in [9.17, 15) is 4.79 Å². The molecule has 0 N–H and O–H groups in total. The van der Waals surface area contributed by atoms with Gasteiger partial charge in [-0.05, 0) is 37.1 Å². The first-order chi connectivity index (χ1) is 7.24. The van der Waals surface area contributed by atoms with Gasteiger partial charge in [-0.3, -0.25) is 4.79 Å². The Labute approximate surface area is 94.0 Å². The van der Waals surface area contributed by atoms with Gasteiger partial charge in [0.05, 0.1) is 0 Å². The SMILES string of the molecule is CC(=O)Oc1ccc(SC2CCC2)cc1. The van der Waals surface area contributed by atoms with E-state index in [0.717, 1.165) is 5.25 Å². The zero-order valence-corrected chi connectivity index (χ0v) is 9.55. The normalized spacial score (nSPS) is 15.8. The van der Waals surface area contributed by atoms with Crippen LogP contribution in [0.15, 0.2) is 29.2 Å². The maximum Gasteiger partial charge on any atom is 0.308 e. The lowest BCUT2D eigenvalue weighted by molar-refractivity contribution is -0.131. The molecule has 2 rings (SSSR count). The minimum absolute atomic E-state index is 0.269. The van der Waals surface area contributed by atoms with Crippen LogP contribution in [0.5, 0.6) is 5.75 Å². The average Bonchev–Trinajstić information content (AvgIpc) is 2.13. The number of carbonyl (C=O) groups excluding carboxylic acids is 1. The van der Waals surface area contributed by atoms with Gasteiger partial charge in [0.2, 0.25) is 0 Å². The van der Waals surface area contributed by atoms with Gasteiger partial charge in [0.1, 0.15) is 5.75 Å². The highest BCUT2D eigenvalue weighted by atomic mass is 32.2. The molecule has 0 radical (unpaired) electrons. The Hall–Kier alpha value is -0.960. The predicted molar refractivity (Wildman–Crippen MR) is 61.2 cm³/mol. The van der Waals surface area contributed by atoms with Crippen molar-refractivity contribution >= 4 is 17.7 Å². The molecule has 2 nitrogen and oxygen atoms in total. The van der Waals surface area contributed by atoms with E-state index >= 15 is 0 Å². The van der Waals surface area contributed by atoms with E-state index in [4.69, 9.17) is 4.74 Å². The third-order valence-electron chi connectivity index (χ3n) is 2.44. The fraction of sp³-hybridized carbons (Fsp3) is 0.417. The van der Waals surface area contributed by atoms with E-state index in [1.54, 1.807) is 0 Å². The van der Waals surface area contributed by atoms with Crippen molar-refractivity contribution in [2.75, 3.05) is 0 Å². The lowest BCUT2D eigenvalue weighted by atomic mass is 10.0. The molecule has 80 valence electrons. The van der Waals surface area contributed by atoms with Gasteiger partial charge < -0.3 is 4.74 Å². The van der Waals surface area contributed by atoms with Crippen LogP contribution in [0, 0.1) is 0 Å². The van der Waals surface area contributed by atoms with Crippen molar-refractivity contribution in [3.05, 3.63) is 24.3 Å². The summed E-state index contributed by atoms with van der Waals surface area (Å²) in [4.78, 5) is 12.0. The van der Waals surface area contributed by atoms with Crippen LogP contribution in [-0.2, 0) is 4.79 Å². The molecule has 3 heteroatoms. The first-order valence-corrected chi connectivity index (χ1v) is 6.07. The fourth-order valence-corrected chi connectivity index (χ4v) is 2.68. The molecule has 15 heavy (non-hydrogen) atoms. The highest BCUT2D eigenvalue weighted by molar-refractivity contribution is 8.00. The van der Waals surface area contributed by atoms with Crippen LogP contribution in [0.2, 0.25) is 0 Å². The summed E-state index contributed by atoms with van der Waals surface area (Å²) in [6, 6.07) is 7.73. The summed E-state index contributed by atoms with van der Waals surface area (Å²) in [5.74, 6) is 0.356. The van der Waals surface area contributed by atoms with Crippen LogP contribution in [0.4, 0.5) is 0 Å². The molecule has 0 spiro atoms. The van der Waals surface area contributed by atoms with Gasteiger partial charge in [0.25, 0.3) is 0 Å². The Morgan fingerprint density at radius 3 is 2.47 bits per heavy atom. The van der Waals surface area contributed by atoms with Gasteiger partial charge in [-0.15, -0.1) is 11.8 Å². The molecule has 1 aliphatic rings. The second-order valence-electron chi connectivity index (χ2n) is 3.74. The summed E-state index contributed by atoms with van der Waals surface area (Å²) in [6.07, 6.45) is 4.02. The molecule has 1 saturated carbocycles. The standard InChI is InChI=1S/C12H14O2S/c1-9(13)14-10-5-7-12(8-6-10)15-11-3-2-4-11/h5-8,11H,2-4H2,1H3. The Morgan fingerprint density at radius 1 is 1.33 bits per heavy atom. The number of carbonyl (C=O) groups is 1. The fourth-order valence-electron chi connectivity index (χ4n) is 1.43. The molecule has 0 amide bonds. The topological polar surface area (TPSA) is 26.3 Å². The van der Waals surface area contributed by atoms with Crippen LogP contribution >= 0.6 is 11.8 Å². The number of benzene rings is 1. The zero-order chi connectivity index (χ0) is 10.7. The van der Waals surface area contributed by atoms with Crippen LogP contribution in [-0.4, -0.2) is 11.2 Å². The van der Waals surface area contributed by atoms with Crippen LogP contribution in [0.3, 0.4) is 0 Å². The molecular weight excluding hydrogens is 208 g/mol. The van der Waals surface area contributed by atoms with Crippen LogP contribution in [0.25, 0.3) is 0 Å². The number of thioether (sulfide) groups is 1. The number of ether oxygens (including phenoxy) is 1. The van der Waals surface area contributed by atoms with Crippen molar-refractivity contribution in [3.8, 4) is 5.75 Å². The third-order valence-corrected chi connectivity index (χ3v) is 3.79. The van der Waals surface area contributed by atoms with E-state index in [0.29, 0.717) is 5.75 Å². The lowest BCUT2D eigenvalue weighted by Crippen LogP contribution is -2.12. The molecule has 0 heterocycles. The first-order valence-electron chi connectivity index (χ1n) is 5.19. The highest BCUT2D eigenvalue weighted by Crippen LogP contribution is 2.36. The molecule has 1 aromatic rings. The first kappa shape index (κ1) is 10.6. The Balaban J connectivity index is 1.93. The van der Waals surface area contributed by atoms with Crippen molar-refractivity contribution in [1.82, 2.24) is 0 Å². The van der Waals surface area contributed by atoms with Gasteiger partial charge in [-0.25, -0.2) is 0 Å². The van der Waals surface area contributed by atoms with Crippen LogP contribution in [0.1, 0.15) is 26.2 Å². The molecule has 0 aromatic heterocycles. The average molecular weight is 222 g/mol. The second-order valence-corrected chi connectivity index (χ2v) is 5.11. The van der Waals surface area contributed by atoms with Gasteiger partial charge in [0.15, 0.2) is 0 Å².